The van der Waals surface area contributed by atoms with Crippen molar-refractivity contribution in [2.75, 3.05) is 13.6 Å². The van der Waals surface area contributed by atoms with Gasteiger partial charge in [0.1, 0.15) is 0 Å². The summed E-state index contributed by atoms with van der Waals surface area (Å²) in [6, 6.07) is 18.0. The van der Waals surface area contributed by atoms with Crippen LogP contribution in [0.4, 0.5) is 0 Å². The summed E-state index contributed by atoms with van der Waals surface area (Å²) in [4.78, 5) is 18.2. The smallest absolute Gasteiger partial charge is 0.414 e. The van der Waals surface area contributed by atoms with Crippen molar-refractivity contribution in [3.05, 3.63) is 76.9 Å². The first-order valence-corrected chi connectivity index (χ1v) is 9.04. The van der Waals surface area contributed by atoms with Gasteiger partial charge < -0.3 is 15.5 Å². The third-order valence-electron chi connectivity index (χ3n) is 5.02. The van der Waals surface area contributed by atoms with E-state index in [0.29, 0.717) is 0 Å². The van der Waals surface area contributed by atoms with Gasteiger partial charge in [-0.2, -0.15) is 0 Å². The van der Waals surface area contributed by atoms with Crippen LogP contribution < -0.4 is 5.32 Å². The largest absolute Gasteiger partial charge is 0.473 e. The summed E-state index contributed by atoms with van der Waals surface area (Å²) in [5.74, 6) is -2.18. The highest BCUT2D eigenvalue weighted by Gasteiger charge is 2.44. The molecule has 0 saturated heterocycles. The maximum Gasteiger partial charge on any atom is 0.414 e. The molecule has 2 aliphatic carbocycles. The number of nitrogens with one attached hydrogen (secondary N) is 1. The number of rotatable bonds is 3. The maximum atomic E-state index is 9.10. The molecule has 1 fully saturated rings. The number of hydrogen-bond donors (Lipinski definition) is 3. The fourth-order valence-electron chi connectivity index (χ4n) is 3.74. The second-order valence-electron chi connectivity index (χ2n) is 6.74. The van der Waals surface area contributed by atoms with Gasteiger partial charge in [-0.1, -0.05) is 54.6 Å². The van der Waals surface area contributed by atoms with Crippen molar-refractivity contribution in [2.45, 2.75) is 24.7 Å². The van der Waals surface area contributed by atoms with Crippen LogP contribution in [0.25, 0.3) is 5.57 Å². The standard InChI is InChI=1S/C20H21N.C2H2O4/c1-21-12-6-11-16-14-7-2-4-9-17(14)19-13-20(19)18-10-5-3-8-15(16)18;3-1(4)2(5)6/h2-5,7-11,19-21H,6,12-13H2,1H3;(H,3,4)(H,5,6). The number of aliphatic carboxylic acids is 2. The van der Waals surface area contributed by atoms with Crippen molar-refractivity contribution >= 4 is 17.5 Å². The van der Waals surface area contributed by atoms with Gasteiger partial charge in [-0.15, -0.1) is 0 Å². The Labute approximate surface area is 158 Å². The Morgan fingerprint density at radius 2 is 1.44 bits per heavy atom. The molecule has 0 aromatic heterocycles. The number of carboxylic acid groups (broad SMARTS) is 2. The fourth-order valence-corrected chi connectivity index (χ4v) is 3.74. The molecular weight excluding hydrogens is 342 g/mol. The Kier molecular flexibility index (Phi) is 5.72. The first-order chi connectivity index (χ1) is 13.0. The van der Waals surface area contributed by atoms with Crippen molar-refractivity contribution in [1.29, 1.82) is 0 Å². The van der Waals surface area contributed by atoms with E-state index >= 15 is 0 Å². The molecule has 0 amide bonds. The molecule has 5 heteroatoms. The molecule has 2 atom stereocenters. The molecule has 2 unspecified atom stereocenters. The molecule has 0 aliphatic heterocycles. The fraction of sp³-hybridized carbons (Fsp3) is 0.273. The molecule has 0 radical (unpaired) electrons. The van der Waals surface area contributed by atoms with Crippen LogP contribution in [-0.4, -0.2) is 35.7 Å². The van der Waals surface area contributed by atoms with Gasteiger partial charge in [-0.05, 0) is 66.1 Å². The predicted molar refractivity (Wildman–Crippen MR) is 104 cm³/mol. The monoisotopic (exact) mass is 365 g/mol. The first kappa shape index (κ1) is 18.9. The molecule has 1 saturated carbocycles. The normalized spacial score (nSPS) is 18.6. The van der Waals surface area contributed by atoms with Crippen LogP contribution in [0.1, 0.15) is 46.9 Å². The summed E-state index contributed by atoms with van der Waals surface area (Å²) >= 11 is 0. The highest BCUT2D eigenvalue weighted by Crippen LogP contribution is 2.59. The van der Waals surface area contributed by atoms with E-state index in [1.807, 2.05) is 7.05 Å². The molecule has 27 heavy (non-hydrogen) atoms. The van der Waals surface area contributed by atoms with Gasteiger partial charge in [0.05, 0.1) is 0 Å². The molecule has 2 aromatic carbocycles. The zero-order chi connectivity index (χ0) is 19.4. The van der Waals surface area contributed by atoms with E-state index < -0.39 is 11.9 Å². The molecule has 4 rings (SSSR count). The van der Waals surface area contributed by atoms with Crippen molar-refractivity contribution in [1.82, 2.24) is 5.32 Å². The molecule has 140 valence electrons. The van der Waals surface area contributed by atoms with Gasteiger partial charge in [0.15, 0.2) is 0 Å². The molecule has 2 aliphatic rings. The van der Waals surface area contributed by atoms with E-state index in [1.54, 1.807) is 11.1 Å². The summed E-state index contributed by atoms with van der Waals surface area (Å²) in [6.45, 7) is 1.03. The second-order valence-corrected chi connectivity index (χ2v) is 6.74. The molecule has 0 spiro atoms. The van der Waals surface area contributed by atoms with Crippen molar-refractivity contribution in [2.24, 2.45) is 0 Å². The van der Waals surface area contributed by atoms with Crippen LogP contribution in [0.3, 0.4) is 0 Å². The van der Waals surface area contributed by atoms with E-state index in [1.165, 1.54) is 23.1 Å². The van der Waals surface area contributed by atoms with Gasteiger partial charge in [0, 0.05) is 0 Å². The zero-order valence-corrected chi connectivity index (χ0v) is 15.2. The maximum absolute atomic E-state index is 9.10. The Morgan fingerprint density at radius 1 is 0.963 bits per heavy atom. The minimum atomic E-state index is -1.82. The number of carboxylic acids is 2. The van der Waals surface area contributed by atoms with Gasteiger partial charge in [0.2, 0.25) is 0 Å². The average molecular weight is 365 g/mol. The lowest BCUT2D eigenvalue weighted by atomic mass is 9.91. The molecule has 0 heterocycles. The average Bonchev–Trinajstić information content (AvgIpc) is 3.47. The second kappa shape index (κ2) is 8.18. The summed E-state index contributed by atoms with van der Waals surface area (Å²) in [5, 5.41) is 18.0. The highest BCUT2D eigenvalue weighted by molar-refractivity contribution is 6.27. The minimum Gasteiger partial charge on any atom is -0.473 e. The van der Waals surface area contributed by atoms with Crippen LogP contribution in [0, 0.1) is 0 Å². The Bertz CT molecular complexity index is 822. The summed E-state index contributed by atoms with van der Waals surface area (Å²) < 4.78 is 0. The van der Waals surface area contributed by atoms with Crippen LogP contribution >= 0.6 is 0 Å². The SMILES string of the molecule is CNCCC=C1c2ccccc2C2CC2c2ccccc21.O=C(O)C(=O)O. The molecule has 5 nitrogen and oxygen atoms in total. The van der Waals surface area contributed by atoms with Crippen LogP contribution in [0.2, 0.25) is 0 Å². The van der Waals surface area contributed by atoms with Crippen molar-refractivity contribution < 1.29 is 19.8 Å². The first-order valence-electron chi connectivity index (χ1n) is 9.04. The molecular formula is C22H23NO4. The zero-order valence-electron chi connectivity index (χ0n) is 15.2. The van der Waals surface area contributed by atoms with Gasteiger partial charge >= 0.3 is 11.9 Å². The van der Waals surface area contributed by atoms with Crippen molar-refractivity contribution in [3.8, 4) is 0 Å². The minimum absolute atomic E-state index is 0.734. The quantitative estimate of drug-likeness (QED) is 0.573. The van der Waals surface area contributed by atoms with Crippen LogP contribution in [-0.2, 0) is 9.59 Å². The van der Waals surface area contributed by atoms with E-state index in [0.717, 1.165) is 24.8 Å². The van der Waals surface area contributed by atoms with Gasteiger partial charge in [-0.25, -0.2) is 9.59 Å². The summed E-state index contributed by atoms with van der Waals surface area (Å²) in [5.41, 5.74) is 7.43. The van der Waals surface area contributed by atoms with E-state index in [4.69, 9.17) is 19.8 Å². The molecule has 2 aromatic rings. The molecule has 3 N–H and O–H groups in total. The third-order valence-corrected chi connectivity index (χ3v) is 5.02. The number of hydrogen-bond acceptors (Lipinski definition) is 3. The van der Waals surface area contributed by atoms with E-state index in [2.05, 4.69) is 59.9 Å². The highest BCUT2D eigenvalue weighted by atomic mass is 16.4. The van der Waals surface area contributed by atoms with Crippen molar-refractivity contribution in [3.63, 3.8) is 0 Å². The number of fused-ring (bicyclic) bond motifs is 5. The van der Waals surface area contributed by atoms with E-state index in [-0.39, 0.29) is 0 Å². The molecule has 0 bridgehead atoms. The Balaban J connectivity index is 0.000000307. The van der Waals surface area contributed by atoms with Crippen LogP contribution in [0.15, 0.2) is 54.6 Å². The van der Waals surface area contributed by atoms with Gasteiger partial charge in [-0.3, -0.25) is 0 Å². The lowest BCUT2D eigenvalue weighted by Gasteiger charge is -2.13. The summed E-state index contributed by atoms with van der Waals surface area (Å²) in [6.07, 6.45) is 4.81. The third kappa shape index (κ3) is 4.09. The topological polar surface area (TPSA) is 86.6 Å². The lowest BCUT2D eigenvalue weighted by Crippen LogP contribution is -2.09. The summed E-state index contributed by atoms with van der Waals surface area (Å²) in [7, 11) is 2.02. The Hall–Kier alpha value is -2.92. The van der Waals surface area contributed by atoms with Crippen LogP contribution in [0.5, 0.6) is 0 Å². The number of benzene rings is 2. The Morgan fingerprint density at radius 3 is 1.89 bits per heavy atom. The number of carbonyl (C=O) groups is 2. The lowest BCUT2D eigenvalue weighted by molar-refractivity contribution is -0.159. The van der Waals surface area contributed by atoms with Gasteiger partial charge in [0.25, 0.3) is 0 Å². The van der Waals surface area contributed by atoms with E-state index in [9.17, 15) is 0 Å². The predicted octanol–water partition coefficient (Wildman–Crippen LogP) is 3.47.